The highest BCUT2D eigenvalue weighted by Crippen LogP contribution is 2.22. The van der Waals surface area contributed by atoms with E-state index < -0.39 is 0 Å². The number of allylic oxidation sites excluding steroid dienone is 6. The van der Waals surface area contributed by atoms with Crippen LogP contribution in [0.15, 0.2) is 35.5 Å². The molecule has 0 atom stereocenters. The van der Waals surface area contributed by atoms with Crippen molar-refractivity contribution in [1.29, 1.82) is 0 Å². The molecule has 0 amide bonds. The third kappa shape index (κ3) is 5.61. The average Bonchev–Trinajstić information content (AvgIpc) is 2.53. The minimum Gasteiger partial charge on any atom is -0.0807 e. The Bertz CT molecular complexity index is 228. The largest absolute Gasteiger partial charge is 0.0807 e. The Morgan fingerprint density at radius 3 is 2.47 bits per heavy atom. The van der Waals surface area contributed by atoms with Gasteiger partial charge in [0, 0.05) is 0 Å². The van der Waals surface area contributed by atoms with Gasteiger partial charge in [-0.25, -0.2) is 0 Å². The van der Waals surface area contributed by atoms with Crippen molar-refractivity contribution >= 4 is 0 Å². The first-order chi connectivity index (χ1) is 7.38. The van der Waals surface area contributed by atoms with Gasteiger partial charge in [-0.05, 0) is 36.8 Å². The Hall–Kier alpha value is -0.780. The lowest BCUT2D eigenvalue weighted by Gasteiger charge is -2.08. The first-order valence-electron chi connectivity index (χ1n) is 6.43. The summed E-state index contributed by atoms with van der Waals surface area (Å²) in [6.45, 7) is 8.50. The van der Waals surface area contributed by atoms with Gasteiger partial charge in [0.05, 0.1) is 0 Å². The Kier molecular flexibility index (Phi) is 9.26. The monoisotopic (exact) mass is 206 g/mol. The highest BCUT2D eigenvalue weighted by molar-refractivity contribution is 5.36. The summed E-state index contributed by atoms with van der Waals surface area (Å²) >= 11 is 0. The normalized spacial score (nSPS) is 14.7. The molecule has 0 aromatic rings. The van der Waals surface area contributed by atoms with Crippen LogP contribution in [0.4, 0.5) is 0 Å². The van der Waals surface area contributed by atoms with Crippen LogP contribution in [0.2, 0.25) is 0 Å². The van der Waals surface area contributed by atoms with Crippen molar-refractivity contribution < 1.29 is 0 Å². The third-order valence-corrected chi connectivity index (χ3v) is 2.53. The number of hydrogen-bond acceptors (Lipinski definition) is 0. The first kappa shape index (κ1) is 14.2. The van der Waals surface area contributed by atoms with Crippen molar-refractivity contribution in [3.05, 3.63) is 35.5 Å². The first-order valence-corrected chi connectivity index (χ1v) is 6.43. The minimum atomic E-state index is 1.11. The molecule has 0 heteroatoms. The molecule has 0 bridgehead atoms. The zero-order valence-electron chi connectivity index (χ0n) is 10.8. The van der Waals surface area contributed by atoms with Crippen LogP contribution in [-0.4, -0.2) is 0 Å². The van der Waals surface area contributed by atoms with Crippen LogP contribution in [0.1, 0.15) is 59.8 Å². The molecule has 1 aliphatic carbocycles. The summed E-state index contributed by atoms with van der Waals surface area (Å²) < 4.78 is 0. The number of rotatable bonds is 4. The Morgan fingerprint density at radius 2 is 1.87 bits per heavy atom. The van der Waals surface area contributed by atoms with Crippen LogP contribution >= 0.6 is 0 Å². The smallest absolute Gasteiger partial charge is 0.0160 e. The number of unbranched alkanes of at least 4 members (excludes halogenated alkanes) is 1. The summed E-state index contributed by atoms with van der Waals surface area (Å²) in [5.74, 6) is 0. The highest BCUT2D eigenvalue weighted by Gasteiger charge is 2.02. The van der Waals surface area contributed by atoms with E-state index in [1.807, 2.05) is 13.8 Å². The number of hydrogen-bond donors (Lipinski definition) is 0. The predicted molar refractivity (Wildman–Crippen MR) is 71.1 cm³/mol. The van der Waals surface area contributed by atoms with Crippen molar-refractivity contribution in [3.8, 4) is 0 Å². The molecular formula is C15H26. The van der Waals surface area contributed by atoms with Gasteiger partial charge in [-0.3, -0.25) is 0 Å². The predicted octanol–water partition coefficient (Wildman–Crippen LogP) is 5.43. The molecule has 0 fully saturated rings. The second-order valence-corrected chi connectivity index (χ2v) is 3.54. The van der Waals surface area contributed by atoms with Crippen LogP contribution in [0.5, 0.6) is 0 Å². The van der Waals surface area contributed by atoms with E-state index in [1.54, 1.807) is 11.1 Å². The summed E-state index contributed by atoms with van der Waals surface area (Å²) in [6.07, 6.45) is 15.2. The molecular weight excluding hydrogens is 180 g/mol. The molecule has 0 aromatic carbocycles. The molecule has 0 N–H and O–H groups in total. The van der Waals surface area contributed by atoms with Crippen LogP contribution in [-0.2, 0) is 0 Å². The molecule has 0 aliphatic heterocycles. The minimum absolute atomic E-state index is 1.11. The maximum atomic E-state index is 2.37. The Morgan fingerprint density at radius 1 is 1.13 bits per heavy atom. The van der Waals surface area contributed by atoms with Crippen molar-refractivity contribution in [1.82, 2.24) is 0 Å². The highest BCUT2D eigenvalue weighted by atomic mass is 14.1. The van der Waals surface area contributed by atoms with Gasteiger partial charge in [-0.1, -0.05) is 58.4 Å². The molecule has 0 saturated heterocycles. The van der Waals surface area contributed by atoms with Crippen LogP contribution < -0.4 is 0 Å². The Balaban J connectivity index is 0.000000921. The summed E-state index contributed by atoms with van der Waals surface area (Å²) in [4.78, 5) is 0. The van der Waals surface area contributed by atoms with Crippen LogP contribution in [0.25, 0.3) is 0 Å². The molecule has 0 heterocycles. The van der Waals surface area contributed by atoms with Crippen LogP contribution in [0, 0.1) is 0 Å². The molecule has 0 aromatic heterocycles. The molecule has 15 heavy (non-hydrogen) atoms. The second kappa shape index (κ2) is 9.76. The van der Waals surface area contributed by atoms with Gasteiger partial charge in [0.2, 0.25) is 0 Å². The van der Waals surface area contributed by atoms with E-state index >= 15 is 0 Å². The van der Waals surface area contributed by atoms with Crippen molar-refractivity contribution in [2.75, 3.05) is 0 Å². The fourth-order valence-electron chi connectivity index (χ4n) is 1.69. The third-order valence-electron chi connectivity index (χ3n) is 2.53. The molecule has 1 rings (SSSR count). The van der Waals surface area contributed by atoms with Gasteiger partial charge in [-0.15, -0.1) is 0 Å². The van der Waals surface area contributed by atoms with E-state index in [-0.39, 0.29) is 0 Å². The maximum Gasteiger partial charge on any atom is -0.0160 e. The molecule has 1 aliphatic rings. The van der Waals surface area contributed by atoms with Gasteiger partial charge in [0.25, 0.3) is 0 Å². The fourth-order valence-corrected chi connectivity index (χ4v) is 1.69. The molecule has 0 nitrogen and oxygen atoms in total. The molecule has 0 spiro atoms. The van der Waals surface area contributed by atoms with E-state index in [4.69, 9.17) is 0 Å². The van der Waals surface area contributed by atoms with Gasteiger partial charge in [-0.2, -0.15) is 0 Å². The molecule has 0 radical (unpaired) electrons. The van der Waals surface area contributed by atoms with E-state index in [0.29, 0.717) is 0 Å². The molecule has 0 saturated carbocycles. The zero-order valence-corrected chi connectivity index (χ0v) is 10.8. The van der Waals surface area contributed by atoms with Crippen molar-refractivity contribution in [2.45, 2.75) is 59.8 Å². The molecule has 0 unspecified atom stereocenters. The zero-order chi connectivity index (χ0) is 11.5. The summed E-state index contributed by atoms with van der Waals surface area (Å²) in [5, 5.41) is 0. The topological polar surface area (TPSA) is 0 Å². The lowest BCUT2D eigenvalue weighted by molar-refractivity contribution is 0.785. The SMILES string of the molecule is CC.CCCCC1=CC=CCC=C1CC. The summed E-state index contributed by atoms with van der Waals surface area (Å²) in [5.41, 5.74) is 3.11. The van der Waals surface area contributed by atoms with Gasteiger partial charge < -0.3 is 0 Å². The maximum absolute atomic E-state index is 2.37. The van der Waals surface area contributed by atoms with Crippen molar-refractivity contribution in [3.63, 3.8) is 0 Å². The molecule has 86 valence electrons. The van der Waals surface area contributed by atoms with E-state index in [1.165, 1.54) is 25.7 Å². The summed E-state index contributed by atoms with van der Waals surface area (Å²) in [6, 6.07) is 0. The summed E-state index contributed by atoms with van der Waals surface area (Å²) in [7, 11) is 0. The van der Waals surface area contributed by atoms with Gasteiger partial charge in [0.15, 0.2) is 0 Å². The van der Waals surface area contributed by atoms with Crippen LogP contribution in [0.3, 0.4) is 0 Å². The average molecular weight is 206 g/mol. The van der Waals surface area contributed by atoms with Gasteiger partial charge in [0.1, 0.15) is 0 Å². The Labute approximate surface area is 95.8 Å². The standard InChI is InChI=1S/C13H20.C2H6/c1-3-5-9-13-11-8-6-7-10-12(13)4-2;1-2/h6,8,10-11H,3-5,7,9H2,1-2H3;1-2H3. The van der Waals surface area contributed by atoms with Crippen molar-refractivity contribution in [2.24, 2.45) is 0 Å². The van der Waals surface area contributed by atoms with E-state index in [2.05, 4.69) is 38.2 Å². The van der Waals surface area contributed by atoms with E-state index in [9.17, 15) is 0 Å². The lowest BCUT2D eigenvalue weighted by atomic mass is 9.98. The quantitative estimate of drug-likeness (QED) is 0.575. The van der Waals surface area contributed by atoms with E-state index in [0.717, 1.165) is 6.42 Å². The fraction of sp³-hybridized carbons (Fsp3) is 0.600. The lowest BCUT2D eigenvalue weighted by Crippen LogP contribution is -1.88. The van der Waals surface area contributed by atoms with Gasteiger partial charge >= 0.3 is 0 Å². The second-order valence-electron chi connectivity index (χ2n) is 3.54.